The number of hydrogen-bond donors (Lipinski definition) is 1. The first-order chi connectivity index (χ1) is 23.8. The van der Waals surface area contributed by atoms with Crippen molar-refractivity contribution in [3.63, 3.8) is 0 Å². The largest absolute Gasteiger partial charge is 0.507 e. The fraction of sp³-hybridized carbons (Fsp3) is 0.875. The van der Waals surface area contributed by atoms with Gasteiger partial charge in [-0.2, -0.15) is 0 Å². The SMILES string of the molecule is CCCCCCCCCCCCCCCCCCC(CCCCCCCCCCCCCCCCCC)c1cc(C)c(O)c(C(C)(C)C)c1. The van der Waals surface area contributed by atoms with E-state index >= 15 is 0 Å². The van der Waals surface area contributed by atoms with Gasteiger partial charge in [0.25, 0.3) is 0 Å². The van der Waals surface area contributed by atoms with Crippen molar-refractivity contribution in [3.05, 3.63) is 28.8 Å². The van der Waals surface area contributed by atoms with E-state index in [9.17, 15) is 5.11 Å². The summed E-state index contributed by atoms with van der Waals surface area (Å²) in [5.74, 6) is 1.15. The van der Waals surface area contributed by atoms with Gasteiger partial charge in [-0.05, 0) is 47.8 Å². The summed E-state index contributed by atoms with van der Waals surface area (Å²) < 4.78 is 0. The molecule has 0 aromatic heterocycles. The third-order valence-electron chi connectivity index (χ3n) is 11.4. The van der Waals surface area contributed by atoms with Crippen LogP contribution in [0.25, 0.3) is 0 Å². The number of phenols is 1. The topological polar surface area (TPSA) is 20.2 Å². The molecule has 0 saturated heterocycles. The summed E-state index contributed by atoms with van der Waals surface area (Å²) in [6.45, 7) is 13.4. The average Bonchev–Trinajstić information content (AvgIpc) is 3.07. The number of hydrogen-bond acceptors (Lipinski definition) is 1. The van der Waals surface area contributed by atoms with Crippen molar-refractivity contribution in [3.8, 4) is 5.75 Å². The molecular formula is C48H90O. The number of aromatic hydroxyl groups is 1. The molecular weight excluding hydrogens is 593 g/mol. The Morgan fingerprint density at radius 2 is 0.694 bits per heavy atom. The predicted molar refractivity (Wildman–Crippen MR) is 223 cm³/mol. The molecule has 0 amide bonds. The molecule has 0 saturated carbocycles. The summed E-state index contributed by atoms with van der Waals surface area (Å²) in [7, 11) is 0. The van der Waals surface area contributed by atoms with Crippen LogP contribution in [-0.2, 0) is 5.41 Å². The van der Waals surface area contributed by atoms with Gasteiger partial charge in [-0.25, -0.2) is 0 Å². The number of rotatable bonds is 35. The Balaban J connectivity index is 2.29. The lowest BCUT2D eigenvalue weighted by molar-refractivity contribution is 0.439. The highest BCUT2D eigenvalue weighted by molar-refractivity contribution is 5.47. The molecule has 1 aromatic carbocycles. The van der Waals surface area contributed by atoms with E-state index in [4.69, 9.17) is 0 Å². The van der Waals surface area contributed by atoms with Gasteiger partial charge in [-0.3, -0.25) is 0 Å². The molecule has 0 radical (unpaired) electrons. The van der Waals surface area contributed by atoms with E-state index in [1.807, 2.05) is 0 Å². The van der Waals surface area contributed by atoms with Gasteiger partial charge in [0.05, 0.1) is 0 Å². The maximum Gasteiger partial charge on any atom is 0.122 e. The maximum atomic E-state index is 10.9. The van der Waals surface area contributed by atoms with Crippen LogP contribution in [0.2, 0.25) is 0 Å². The number of benzene rings is 1. The van der Waals surface area contributed by atoms with Crippen molar-refractivity contribution in [2.45, 2.75) is 271 Å². The van der Waals surface area contributed by atoms with Gasteiger partial charge in [0, 0.05) is 0 Å². The first-order valence-electron chi connectivity index (χ1n) is 22.6. The van der Waals surface area contributed by atoms with Gasteiger partial charge in [0.15, 0.2) is 0 Å². The zero-order valence-electron chi connectivity index (χ0n) is 34.7. The van der Waals surface area contributed by atoms with Gasteiger partial charge in [-0.1, -0.05) is 252 Å². The van der Waals surface area contributed by atoms with E-state index in [1.54, 1.807) is 0 Å². The Hall–Kier alpha value is -0.980. The predicted octanol–water partition coefficient (Wildman–Crippen LogP) is 17.4. The highest BCUT2D eigenvalue weighted by Crippen LogP contribution is 2.38. The van der Waals surface area contributed by atoms with Crippen molar-refractivity contribution in [1.82, 2.24) is 0 Å². The highest BCUT2D eigenvalue weighted by Gasteiger charge is 2.22. The van der Waals surface area contributed by atoms with E-state index in [0.29, 0.717) is 11.7 Å². The molecule has 0 atom stereocenters. The van der Waals surface area contributed by atoms with E-state index in [1.165, 1.54) is 224 Å². The van der Waals surface area contributed by atoms with E-state index in [0.717, 1.165) is 11.1 Å². The number of phenolic OH excluding ortho intramolecular Hbond substituents is 1. The van der Waals surface area contributed by atoms with Crippen LogP contribution in [-0.4, -0.2) is 5.11 Å². The summed E-state index contributed by atoms with van der Waals surface area (Å²) in [4.78, 5) is 0. The van der Waals surface area contributed by atoms with Crippen LogP contribution >= 0.6 is 0 Å². The van der Waals surface area contributed by atoms with E-state index in [-0.39, 0.29) is 5.41 Å². The van der Waals surface area contributed by atoms with Crippen molar-refractivity contribution in [2.75, 3.05) is 0 Å². The molecule has 0 heterocycles. The normalized spacial score (nSPS) is 12.1. The first-order valence-corrected chi connectivity index (χ1v) is 22.6. The number of aryl methyl sites for hydroxylation is 1. The van der Waals surface area contributed by atoms with Crippen LogP contribution in [0.3, 0.4) is 0 Å². The van der Waals surface area contributed by atoms with Crippen LogP contribution in [0.5, 0.6) is 5.75 Å². The lowest BCUT2D eigenvalue weighted by atomic mass is 9.80. The molecule has 288 valence electrons. The summed E-state index contributed by atoms with van der Waals surface area (Å²) >= 11 is 0. The Kier molecular flexibility index (Phi) is 29.8. The van der Waals surface area contributed by atoms with Crippen molar-refractivity contribution in [2.24, 2.45) is 0 Å². The van der Waals surface area contributed by atoms with Crippen molar-refractivity contribution < 1.29 is 5.11 Å². The molecule has 0 unspecified atom stereocenters. The standard InChI is InChI=1S/C48H90O/c1-7-9-11-13-15-17-19-21-23-25-27-29-31-33-35-37-39-44(45-41-43(3)47(49)46(42-45)48(4,5)6)40-38-36-34-32-30-28-26-24-22-20-18-16-14-12-10-8-2/h41-42,44,49H,7-40H2,1-6H3. The highest BCUT2D eigenvalue weighted by atomic mass is 16.3. The third kappa shape index (κ3) is 25.6. The second-order valence-electron chi connectivity index (χ2n) is 17.4. The minimum atomic E-state index is -0.0299. The molecule has 49 heavy (non-hydrogen) atoms. The Morgan fingerprint density at radius 3 is 0.959 bits per heavy atom. The van der Waals surface area contributed by atoms with Gasteiger partial charge >= 0.3 is 0 Å². The van der Waals surface area contributed by atoms with Gasteiger partial charge in [0.1, 0.15) is 5.75 Å². The molecule has 0 fully saturated rings. The maximum absolute atomic E-state index is 10.9. The minimum Gasteiger partial charge on any atom is -0.507 e. The quantitative estimate of drug-likeness (QED) is 0.0707. The van der Waals surface area contributed by atoms with Crippen LogP contribution in [0.4, 0.5) is 0 Å². The second kappa shape index (κ2) is 31.7. The third-order valence-corrected chi connectivity index (χ3v) is 11.4. The molecule has 1 heteroatoms. The molecule has 1 nitrogen and oxygen atoms in total. The van der Waals surface area contributed by atoms with Crippen LogP contribution in [0.15, 0.2) is 12.1 Å². The molecule has 1 aromatic rings. The fourth-order valence-corrected chi connectivity index (χ4v) is 7.97. The van der Waals surface area contributed by atoms with Crippen molar-refractivity contribution >= 4 is 0 Å². The molecule has 0 aliphatic carbocycles. The molecule has 0 spiro atoms. The summed E-state index contributed by atoms with van der Waals surface area (Å²) in [6.07, 6.45) is 48.4. The second-order valence-corrected chi connectivity index (χ2v) is 17.4. The fourth-order valence-electron chi connectivity index (χ4n) is 7.97. The van der Waals surface area contributed by atoms with Gasteiger partial charge < -0.3 is 5.11 Å². The van der Waals surface area contributed by atoms with Crippen molar-refractivity contribution in [1.29, 1.82) is 0 Å². The zero-order chi connectivity index (χ0) is 35.8. The molecule has 1 N–H and O–H groups in total. The Bertz CT molecular complexity index is 811. The summed E-state index contributed by atoms with van der Waals surface area (Å²) in [5, 5.41) is 10.9. The average molecular weight is 683 g/mol. The monoisotopic (exact) mass is 683 g/mol. The lowest BCUT2D eigenvalue weighted by Crippen LogP contribution is -2.13. The molecule has 0 aliphatic heterocycles. The van der Waals surface area contributed by atoms with Crippen LogP contribution < -0.4 is 0 Å². The Morgan fingerprint density at radius 1 is 0.429 bits per heavy atom. The zero-order valence-corrected chi connectivity index (χ0v) is 34.7. The van der Waals surface area contributed by atoms with Gasteiger partial charge in [0.2, 0.25) is 0 Å². The minimum absolute atomic E-state index is 0.0299. The molecule has 0 aliphatic rings. The summed E-state index contributed by atoms with van der Waals surface area (Å²) in [6, 6.07) is 4.68. The Labute approximate surface area is 310 Å². The smallest absolute Gasteiger partial charge is 0.122 e. The van der Waals surface area contributed by atoms with E-state index < -0.39 is 0 Å². The first kappa shape index (κ1) is 46.0. The number of unbranched alkanes of at least 4 members (excludes halogenated alkanes) is 30. The summed E-state index contributed by atoms with van der Waals surface area (Å²) in [5.41, 5.74) is 3.65. The molecule has 0 bridgehead atoms. The molecule has 1 rings (SSSR count). The lowest BCUT2D eigenvalue weighted by Gasteiger charge is -2.25. The van der Waals surface area contributed by atoms with E-state index in [2.05, 4.69) is 53.7 Å². The van der Waals surface area contributed by atoms with Crippen LogP contribution in [0, 0.1) is 6.92 Å². The van der Waals surface area contributed by atoms with Gasteiger partial charge in [-0.15, -0.1) is 0 Å². The van der Waals surface area contributed by atoms with Crippen LogP contribution in [0.1, 0.15) is 276 Å².